The first-order valence-corrected chi connectivity index (χ1v) is 5.99. The minimum atomic E-state index is -0.233. The molecular formula is C11H18OS. The van der Waals surface area contributed by atoms with Gasteiger partial charge in [0.2, 0.25) is 0 Å². The third-order valence-corrected chi connectivity index (χ3v) is 2.96. The molecule has 0 bridgehead atoms. The van der Waals surface area contributed by atoms with E-state index >= 15 is 0 Å². The van der Waals surface area contributed by atoms with Crippen molar-refractivity contribution in [3.63, 3.8) is 0 Å². The van der Waals surface area contributed by atoms with Crippen molar-refractivity contribution < 1.29 is 5.11 Å². The smallest absolute Gasteiger partial charge is 0.0798 e. The summed E-state index contributed by atoms with van der Waals surface area (Å²) in [5.74, 6) is 0. The Labute approximate surface area is 84.4 Å². The number of rotatable bonds is 6. The van der Waals surface area contributed by atoms with Gasteiger partial charge in [0.1, 0.15) is 0 Å². The maximum Gasteiger partial charge on any atom is 0.0798 e. The molecule has 0 fully saturated rings. The molecule has 74 valence electrons. The molecule has 0 saturated heterocycles. The molecule has 0 aliphatic rings. The largest absolute Gasteiger partial charge is 0.388 e. The second-order valence-electron chi connectivity index (χ2n) is 3.42. The molecule has 1 atom stereocenters. The van der Waals surface area contributed by atoms with E-state index in [4.69, 9.17) is 0 Å². The summed E-state index contributed by atoms with van der Waals surface area (Å²) >= 11 is 1.65. The van der Waals surface area contributed by atoms with Gasteiger partial charge in [-0.15, -0.1) is 0 Å². The Morgan fingerprint density at radius 3 is 2.85 bits per heavy atom. The van der Waals surface area contributed by atoms with Crippen LogP contribution in [0.4, 0.5) is 0 Å². The summed E-state index contributed by atoms with van der Waals surface area (Å²) in [6.45, 7) is 2.20. The predicted octanol–water partition coefficient (Wildman–Crippen LogP) is 3.75. The van der Waals surface area contributed by atoms with Gasteiger partial charge < -0.3 is 5.11 Å². The Balaban J connectivity index is 2.15. The van der Waals surface area contributed by atoms with E-state index in [1.807, 2.05) is 16.8 Å². The molecule has 1 rings (SSSR count). The fourth-order valence-corrected chi connectivity index (χ4v) is 2.10. The topological polar surface area (TPSA) is 20.2 Å². The molecule has 0 amide bonds. The highest BCUT2D eigenvalue weighted by Crippen LogP contribution is 2.21. The first-order valence-electron chi connectivity index (χ1n) is 5.04. The van der Waals surface area contributed by atoms with Gasteiger partial charge in [-0.1, -0.05) is 32.6 Å². The normalized spacial score (nSPS) is 13.1. The van der Waals surface area contributed by atoms with E-state index in [0.717, 1.165) is 18.4 Å². The number of thiophene rings is 1. The lowest BCUT2D eigenvalue weighted by Gasteiger charge is -2.07. The average Bonchev–Trinajstić information content (AvgIpc) is 2.65. The maximum atomic E-state index is 9.72. The highest BCUT2D eigenvalue weighted by molar-refractivity contribution is 7.07. The van der Waals surface area contributed by atoms with Gasteiger partial charge in [-0.05, 0) is 28.8 Å². The highest BCUT2D eigenvalue weighted by Gasteiger charge is 2.06. The quantitative estimate of drug-likeness (QED) is 0.690. The number of aliphatic hydroxyl groups is 1. The van der Waals surface area contributed by atoms with Crippen molar-refractivity contribution in [2.24, 2.45) is 0 Å². The van der Waals surface area contributed by atoms with Gasteiger partial charge in [-0.3, -0.25) is 0 Å². The van der Waals surface area contributed by atoms with Gasteiger partial charge in [0, 0.05) is 0 Å². The number of unbranched alkanes of at least 4 members (excludes halogenated alkanes) is 3. The molecule has 1 unspecified atom stereocenters. The lowest BCUT2D eigenvalue weighted by Crippen LogP contribution is -1.94. The van der Waals surface area contributed by atoms with E-state index in [1.165, 1.54) is 19.3 Å². The third-order valence-electron chi connectivity index (χ3n) is 2.26. The van der Waals surface area contributed by atoms with Crippen LogP contribution in [0, 0.1) is 0 Å². The molecule has 0 aliphatic carbocycles. The Hall–Kier alpha value is -0.340. The van der Waals surface area contributed by atoms with Crippen LogP contribution < -0.4 is 0 Å². The van der Waals surface area contributed by atoms with Crippen molar-refractivity contribution in [1.29, 1.82) is 0 Å². The van der Waals surface area contributed by atoms with Crippen molar-refractivity contribution in [2.45, 2.75) is 45.1 Å². The van der Waals surface area contributed by atoms with Crippen LogP contribution in [-0.4, -0.2) is 5.11 Å². The first-order chi connectivity index (χ1) is 6.34. The monoisotopic (exact) mass is 198 g/mol. The number of hydrogen-bond donors (Lipinski definition) is 1. The van der Waals surface area contributed by atoms with E-state index < -0.39 is 0 Å². The number of aliphatic hydroxyl groups excluding tert-OH is 1. The van der Waals surface area contributed by atoms with Gasteiger partial charge in [-0.2, -0.15) is 11.3 Å². The second-order valence-corrected chi connectivity index (χ2v) is 4.20. The zero-order chi connectivity index (χ0) is 9.52. The van der Waals surface area contributed by atoms with Crippen LogP contribution in [0.5, 0.6) is 0 Å². The van der Waals surface area contributed by atoms with Crippen LogP contribution in [0.1, 0.15) is 50.7 Å². The summed E-state index contributed by atoms with van der Waals surface area (Å²) in [6.07, 6.45) is 5.62. The molecule has 0 radical (unpaired) electrons. The molecule has 1 aromatic rings. The number of hydrogen-bond acceptors (Lipinski definition) is 2. The molecule has 0 spiro atoms. The minimum absolute atomic E-state index is 0.233. The predicted molar refractivity (Wildman–Crippen MR) is 58.0 cm³/mol. The standard InChI is InChI=1S/C11H18OS/c1-2-3-4-5-6-11(12)10-7-8-13-9-10/h7-9,11-12H,2-6H2,1H3. The summed E-state index contributed by atoms with van der Waals surface area (Å²) in [5.41, 5.74) is 1.08. The molecule has 0 saturated carbocycles. The highest BCUT2D eigenvalue weighted by atomic mass is 32.1. The van der Waals surface area contributed by atoms with E-state index in [1.54, 1.807) is 11.3 Å². The minimum Gasteiger partial charge on any atom is -0.388 e. The first kappa shape index (κ1) is 10.7. The van der Waals surface area contributed by atoms with E-state index in [0.29, 0.717) is 0 Å². The van der Waals surface area contributed by atoms with Crippen molar-refractivity contribution in [2.75, 3.05) is 0 Å². The zero-order valence-electron chi connectivity index (χ0n) is 8.20. The van der Waals surface area contributed by atoms with Crippen LogP contribution >= 0.6 is 11.3 Å². The molecule has 1 nitrogen and oxygen atoms in total. The molecule has 0 aromatic carbocycles. The Kier molecular flexibility index (Phi) is 5.09. The lowest BCUT2D eigenvalue weighted by molar-refractivity contribution is 0.164. The van der Waals surface area contributed by atoms with Gasteiger partial charge in [0.25, 0.3) is 0 Å². The van der Waals surface area contributed by atoms with Crippen LogP contribution in [0.25, 0.3) is 0 Å². The average molecular weight is 198 g/mol. The van der Waals surface area contributed by atoms with Crippen molar-refractivity contribution >= 4 is 11.3 Å². The molecular weight excluding hydrogens is 180 g/mol. The van der Waals surface area contributed by atoms with Gasteiger partial charge in [0.05, 0.1) is 6.10 Å². The second kappa shape index (κ2) is 6.17. The maximum absolute atomic E-state index is 9.72. The summed E-state index contributed by atoms with van der Waals surface area (Å²) in [5, 5.41) is 13.8. The molecule has 13 heavy (non-hydrogen) atoms. The van der Waals surface area contributed by atoms with E-state index in [2.05, 4.69) is 6.92 Å². The molecule has 2 heteroatoms. The SMILES string of the molecule is CCCCCCC(O)c1ccsc1. The van der Waals surface area contributed by atoms with E-state index in [9.17, 15) is 5.11 Å². The zero-order valence-corrected chi connectivity index (χ0v) is 9.02. The van der Waals surface area contributed by atoms with Gasteiger partial charge in [-0.25, -0.2) is 0 Å². The third kappa shape index (κ3) is 3.92. The van der Waals surface area contributed by atoms with Crippen molar-refractivity contribution in [3.05, 3.63) is 22.4 Å². The van der Waals surface area contributed by atoms with Crippen molar-refractivity contribution in [1.82, 2.24) is 0 Å². The summed E-state index contributed by atoms with van der Waals surface area (Å²) in [6, 6.07) is 2.01. The fourth-order valence-electron chi connectivity index (χ4n) is 1.40. The summed E-state index contributed by atoms with van der Waals surface area (Å²) < 4.78 is 0. The fraction of sp³-hybridized carbons (Fsp3) is 0.636. The van der Waals surface area contributed by atoms with Crippen molar-refractivity contribution in [3.8, 4) is 0 Å². The van der Waals surface area contributed by atoms with E-state index in [-0.39, 0.29) is 6.10 Å². The van der Waals surface area contributed by atoms with Crippen LogP contribution in [0.15, 0.2) is 16.8 Å². The van der Waals surface area contributed by atoms with Crippen LogP contribution in [-0.2, 0) is 0 Å². The molecule has 1 N–H and O–H groups in total. The molecule has 0 aliphatic heterocycles. The summed E-state index contributed by atoms with van der Waals surface area (Å²) in [4.78, 5) is 0. The Bertz CT molecular complexity index is 206. The summed E-state index contributed by atoms with van der Waals surface area (Å²) in [7, 11) is 0. The lowest BCUT2D eigenvalue weighted by atomic mass is 10.1. The molecule has 1 heterocycles. The van der Waals surface area contributed by atoms with Crippen LogP contribution in [0.3, 0.4) is 0 Å². The van der Waals surface area contributed by atoms with Gasteiger partial charge in [0.15, 0.2) is 0 Å². The van der Waals surface area contributed by atoms with Gasteiger partial charge >= 0.3 is 0 Å². The van der Waals surface area contributed by atoms with Crippen LogP contribution in [0.2, 0.25) is 0 Å². The molecule has 1 aromatic heterocycles. The Morgan fingerprint density at radius 2 is 2.23 bits per heavy atom. The Morgan fingerprint density at radius 1 is 1.38 bits per heavy atom.